The normalized spacial score (nSPS) is 21.4. The van der Waals surface area contributed by atoms with E-state index in [2.05, 4.69) is 6.92 Å². The van der Waals surface area contributed by atoms with Crippen LogP contribution in [0.1, 0.15) is 39.0 Å². The molecule has 0 amide bonds. The smallest absolute Gasteiger partial charge is 0.311 e. The molecule has 1 saturated heterocycles. The van der Waals surface area contributed by atoms with Crippen LogP contribution in [0.15, 0.2) is 0 Å². The molecule has 0 spiro atoms. The molecule has 0 radical (unpaired) electrons. The van der Waals surface area contributed by atoms with Crippen LogP contribution in [0, 0.1) is 5.92 Å². The first-order valence-corrected chi connectivity index (χ1v) is 7.17. The van der Waals surface area contributed by atoms with Crippen molar-refractivity contribution in [2.24, 2.45) is 5.92 Å². The highest BCUT2D eigenvalue weighted by molar-refractivity contribution is 7.99. The van der Waals surface area contributed by atoms with E-state index in [4.69, 9.17) is 4.74 Å². The van der Waals surface area contributed by atoms with Crippen LogP contribution in [-0.4, -0.2) is 35.3 Å². The first-order chi connectivity index (χ1) is 7.64. The van der Waals surface area contributed by atoms with Gasteiger partial charge in [-0.2, -0.15) is 11.8 Å². The van der Waals surface area contributed by atoms with Crippen LogP contribution >= 0.6 is 11.8 Å². The van der Waals surface area contributed by atoms with E-state index in [0.717, 1.165) is 30.8 Å². The summed E-state index contributed by atoms with van der Waals surface area (Å²) in [6.45, 7) is 2.09. The Morgan fingerprint density at radius 1 is 1.50 bits per heavy atom. The molecule has 1 unspecified atom stereocenters. The fourth-order valence-corrected chi connectivity index (χ4v) is 3.43. The Hall–Kier alpha value is -0.220. The molecule has 1 N–H and O–H groups in total. The standard InChI is InChI=1S/C12H22O3S/c1-3-4-5-10(11(13)15-2)12(14)6-8-16-9-7-12/h10,14H,3-9H2,1-2H3. The van der Waals surface area contributed by atoms with Gasteiger partial charge >= 0.3 is 5.97 Å². The van der Waals surface area contributed by atoms with E-state index in [1.807, 2.05) is 11.8 Å². The second kappa shape index (κ2) is 6.50. The molecule has 0 aromatic rings. The second-order valence-electron chi connectivity index (χ2n) is 4.43. The molecular formula is C12H22O3S. The fourth-order valence-electron chi connectivity index (χ4n) is 2.23. The van der Waals surface area contributed by atoms with Crippen LogP contribution in [-0.2, 0) is 9.53 Å². The van der Waals surface area contributed by atoms with E-state index in [1.165, 1.54) is 7.11 Å². The number of methoxy groups -OCH3 is 1. The van der Waals surface area contributed by atoms with Gasteiger partial charge in [-0.05, 0) is 30.8 Å². The number of ether oxygens (including phenoxy) is 1. The Kier molecular flexibility index (Phi) is 5.62. The van der Waals surface area contributed by atoms with E-state index in [1.54, 1.807) is 0 Å². The van der Waals surface area contributed by atoms with Crippen molar-refractivity contribution in [3.05, 3.63) is 0 Å². The Balaban J connectivity index is 2.68. The van der Waals surface area contributed by atoms with Gasteiger partial charge in [0.25, 0.3) is 0 Å². The number of thioether (sulfide) groups is 1. The molecule has 1 aliphatic rings. The predicted molar refractivity (Wildman–Crippen MR) is 66.5 cm³/mol. The maximum atomic E-state index is 11.7. The lowest BCUT2D eigenvalue weighted by atomic mass is 9.79. The number of carbonyl (C=O) groups is 1. The Labute approximate surface area is 102 Å². The number of aliphatic hydroxyl groups is 1. The Bertz CT molecular complexity index is 224. The summed E-state index contributed by atoms with van der Waals surface area (Å²) in [7, 11) is 1.40. The third-order valence-electron chi connectivity index (χ3n) is 3.34. The van der Waals surface area contributed by atoms with Gasteiger partial charge in [0, 0.05) is 0 Å². The van der Waals surface area contributed by atoms with Gasteiger partial charge in [0.05, 0.1) is 18.6 Å². The summed E-state index contributed by atoms with van der Waals surface area (Å²) in [5.74, 6) is 1.30. The minimum absolute atomic E-state index is 0.247. The third-order valence-corrected chi connectivity index (χ3v) is 4.32. The second-order valence-corrected chi connectivity index (χ2v) is 5.66. The van der Waals surface area contributed by atoms with E-state index >= 15 is 0 Å². The monoisotopic (exact) mass is 246 g/mol. The van der Waals surface area contributed by atoms with Crippen molar-refractivity contribution in [3.8, 4) is 0 Å². The predicted octanol–water partition coefficient (Wildman–Crippen LogP) is 2.22. The van der Waals surface area contributed by atoms with Gasteiger partial charge in [0.15, 0.2) is 0 Å². The zero-order valence-electron chi connectivity index (χ0n) is 10.2. The molecule has 0 aromatic heterocycles. The lowest BCUT2D eigenvalue weighted by Gasteiger charge is -2.37. The van der Waals surface area contributed by atoms with Crippen LogP contribution in [0.3, 0.4) is 0 Å². The Morgan fingerprint density at radius 2 is 2.12 bits per heavy atom. The zero-order chi connectivity index (χ0) is 12.0. The molecule has 1 atom stereocenters. The molecule has 1 aliphatic heterocycles. The van der Waals surface area contributed by atoms with Gasteiger partial charge in [-0.3, -0.25) is 4.79 Å². The molecule has 0 saturated carbocycles. The average Bonchev–Trinajstić information content (AvgIpc) is 2.30. The molecule has 0 aliphatic carbocycles. The van der Waals surface area contributed by atoms with Crippen molar-refractivity contribution in [2.45, 2.75) is 44.6 Å². The van der Waals surface area contributed by atoms with Crippen LogP contribution in [0.2, 0.25) is 0 Å². The topological polar surface area (TPSA) is 46.5 Å². The summed E-state index contributed by atoms with van der Waals surface area (Å²) in [4.78, 5) is 11.7. The molecule has 94 valence electrons. The van der Waals surface area contributed by atoms with Gasteiger partial charge in [-0.25, -0.2) is 0 Å². The van der Waals surface area contributed by atoms with Crippen molar-refractivity contribution >= 4 is 17.7 Å². The van der Waals surface area contributed by atoms with E-state index in [9.17, 15) is 9.90 Å². The fraction of sp³-hybridized carbons (Fsp3) is 0.917. The molecule has 0 aromatic carbocycles. The number of hydrogen-bond donors (Lipinski definition) is 1. The summed E-state index contributed by atoms with van der Waals surface area (Å²) in [6.07, 6.45) is 4.17. The summed E-state index contributed by atoms with van der Waals surface area (Å²) >= 11 is 1.85. The molecule has 4 heteroatoms. The van der Waals surface area contributed by atoms with Crippen LogP contribution in [0.5, 0.6) is 0 Å². The lowest BCUT2D eigenvalue weighted by molar-refractivity contribution is -0.157. The van der Waals surface area contributed by atoms with Crippen molar-refractivity contribution in [2.75, 3.05) is 18.6 Å². The maximum Gasteiger partial charge on any atom is 0.311 e. The molecular weight excluding hydrogens is 224 g/mol. The van der Waals surface area contributed by atoms with Gasteiger partial charge < -0.3 is 9.84 Å². The highest BCUT2D eigenvalue weighted by Gasteiger charge is 2.42. The SMILES string of the molecule is CCCCC(C(=O)OC)C1(O)CCSCC1. The summed E-state index contributed by atoms with van der Waals surface area (Å²) in [5, 5.41) is 10.5. The third kappa shape index (κ3) is 3.39. The summed E-state index contributed by atoms with van der Waals surface area (Å²) in [6, 6.07) is 0. The minimum atomic E-state index is -0.826. The quantitative estimate of drug-likeness (QED) is 0.756. The molecule has 1 fully saturated rings. The lowest BCUT2D eigenvalue weighted by Crippen LogP contribution is -2.45. The number of hydrogen-bond acceptors (Lipinski definition) is 4. The Morgan fingerprint density at radius 3 is 2.62 bits per heavy atom. The number of carbonyl (C=O) groups excluding carboxylic acids is 1. The number of esters is 1. The molecule has 0 bridgehead atoms. The summed E-state index contributed by atoms with van der Waals surface area (Å²) in [5.41, 5.74) is -0.826. The van der Waals surface area contributed by atoms with Crippen molar-refractivity contribution in [1.82, 2.24) is 0 Å². The van der Waals surface area contributed by atoms with Crippen molar-refractivity contribution in [3.63, 3.8) is 0 Å². The van der Waals surface area contributed by atoms with Crippen molar-refractivity contribution < 1.29 is 14.6 Å². The number of unbranched alkanes of at least 4 members (excludes halogenated alkanes) is 1. The summed E-state index contributed by atoms with van der Waals surface area (Å²) < 4.78 is 4.82. The van der Waals surface area contributed by atoms with Crippen molar-refractivity contribution in [1.29, 1.82) is 0 Å². The van der Waals surface area contributed by atoms with Gasteiger partial charge in [-0.15, -0.1) is 0 Å². The molecule has 1 rings (SSSR count). The maximum absolute atomic E-state index is 11.7. The largest absolute Gasteiger partial charge is 0.469 e. The van der Waals surface area contributed by atoms with Crippen LogP contribution in [0.4, 0.5) is 0 Å². The first kappa shape index (κ1) is 13.8. The van der Waals surface area contributed by atoms with Gasteiger partial charge in [0.2, 0.25) is 0 Å². The minimum Gasteiger partial charge on any atom is -0.469 e. The van der Waals surface area contributed by atoms with Crippen LogP contribution < -0.4 is 0 Å². The van der Waals surface area contributed by atoms with E-state index < -0.39 is 5.60 Å². The molecule has 3 nitrogen and oxygen atoms in total. The molecule has 1 heterocycles. The van der Waals surface area contributed by atoms with E-state index in [-0.39, 0.29) is 11.9 Å². The van der Waals surface area contributed by atoms with Crippen LogP contribution in [0.25, 0.3) is 0 Å². The molecule has 16 heavy (non-hydrogen) atoms. The zero-order valence-corrected chi connectivity index (χ0v) is 11.0. The highest BCUT2D eigenvalue weighted by Crippen LogP contribution is 2.36. The van der Waals surface area contributed by atoms with Gasteiger partial charge in [-0.1, -0.05) is 19.8 Å². The average molecular weight is 246 g/mol. The van der Waals surface area contributed by atoms with Gasteiger partial charge in [0.1, 0.15) is 0 Å². The number of rotatable bonds is 5. The highest BCUT2D eigenvalue weighted by atomic mass is 32.2. The van der Waals surface area contributed by atoms with E-state index in [0.29, 0.717) is 12.8 Å². The first-order valence-electron chi connectivity index (χ1n) is 6.02.